The molecule has 6 heteroatoms. The van der Waals surface area contributed by atoms with Gasteiger partial charge in [0.25, 0.3) is 0 Å². The van der Waals surface area contributed by atoms with Gasteiger partial charge in [0.2, 0.25) is 0 Å². The second kappa shape index (κ2) is 9.97. The van der Waals surface area contributed by atoms with Crippen molar-refractivity contribution in [2.24, 2.45) is 0 Å². The van der Waals surface area contributed by atoms with E-state index < -0.39 is 0 Å². The van der Waals surface area contributed by atoms with Gasteiger partial charge in [0, 0.05) is 6.54 Å². The van der Waals surface area contributed by atoms with Crippen LogP contribution >= 0.6 is 0 Å². The van der Waals surface area contributed by atoms with Crippen molar-refractivity contribution in [2.45, 2.75) is 25.5 Å². The van der Waals surface area contributed by atoms with Crippen LogP contribution < -0.4 is 5.32 Å². The first-order valence-electron chi connectivity index (χ1n) is 10.3. The molecule has 3 aromatic rings. The smallest absolute Gasteiger partial charge is 0.140 e. The van der Waals surface area contributed by atoms with E-state index in [-0.39, 0.29) is 0 Å². The molecular weight excluding hydrogens is 374 g/mol. The molecule has 6 nitrogen and oxygen atoms in total. The quantitative estimate of drug-likeness (QED) is 0.564. The molecule has 30 heavy (non-hydrogen) atoms. The molecule has 0 amide bonds. The Morgan fingerprint density at radius 2 is 2.00 bits per heavy atom. The van der Waals surface area contributed by atoms with Crippen molar-refractivity contribution in [1.29, 1.82) is 5.26 Å². The second-order valence-corrected chi connectivity index (χ2v) is 7.35. The van der Waals surface area contributed by atoms with E-state index in [0.29, 0.717) is 24.9 Å². The number of nitrogens with zero attached hydrogens (tertiary/aromatic N) is 4. The number of anilines is 2. The monoisotopic (exact) mass is 399 g/mol. The highest BCUT2D eigenvalue weighted by molar-refractivity contribution is 5.55. The summed E-state index contributed by atoms with van der Waals surface area (Å²) in [4.78, 5) is 11.4. The lowest BCUT2D eigenvalue weighted by atomic mass is 10.1. The first kappa shape index (κ1) is 20.0. The number of nitriles is 1. The van der Waals surface area contributed by atoms with Gasteiger partial charge in [0.1, 0.15) is 17.6 Å². The summed E-state index contributed by atoms with van der Waals surface area (Å²) in [5, 5.41) is 12.2. The van der Waals surface area contributed by atoms with Crippen LogP contribution in [0.3, 0.4) is 0 Å². The van der Waals surface area contributed by atoms with Gasteiger partial charge >= 0.3 is 0 Å². The van der Waals surface area contributed by atoms with Crippen LogP contribution in [0.2, 0.25) is 0 Å². The molecule has 0 bridgehead atoms. The van der Waals surface area contributed by atoms with Crippen LogP contribution in [0.5, 0.6) is 0 Å². The molecule has 1 atom stereocenters. The van der Waals surface area contributed by atoms with Crippen LogP contribution in [0, 0.1) is 11.3 Å². The lowest BCUT2D eigenvalue weighted by Crippen LogP contribution is -2.27. The summed E-state index contributed by atoms with van der Waals surface area (Å²) in [5.41, 5.74) is 3.49. The number of benzene rings is 1. The molecule has 1 aliphatic rings. The third kappa shape index (κ3) is 5.20. The lowest BCUT2D eigenvalue weighted by Gasteiger charge is -2.24. The van der Waals surface area contributed by atoms with Gasteiger partial charge in [-0.2, -0.15) is 5.26 Å². The standard InChI is InChI=1S/C24H25N5O/c25-16-20-11-12-21(17-26-20)27-24-10-4-8-22(28-24)23-9-5-13-29(23)14-15-30-18-19-6-2-1-3-7-19/h1-4,6-8,10-12,17,23H,5,9,13-15,18H2,(H,27,28)/t23-/m0/s1. The number of pyridine rings is 2. The zero-order valence-electron chi connectivity index (χ0n) is 16.9. The second-order valence-electron chi connectivity index (χ2n) is 7.35. The molecule has 1 N–H and O–H groups in total. The van der Waals surface area contributed by atoms with Crippen molar-refractivity contribution < 1.29 is 4.74 Å². The zero-order valence-corrected chi connectivity index (χ0v) is 16.9. The largest absolute Gasteiger partial charge is 0.375 e. The van der Waals surface area contributed by atoms with E-state index in [1.807, 2.05) is 42.5 Å². The molecule has 0 saturated carbocycles. The average molecular weight is 399 g/mol. The Balaban J connectivity index is 1.34. The molecule has 152 valence electrons. The molecule has 0 radical (unpaired) electrons. The molecule has 1 aromatic carbocycles. The van der Waals surface area contributed by atoms with Crippen LogP contribution in [-0.4, -0.2) is 34.6 Å². The number of hydrogen-bond donors (Lipinski definition) is 1. The third-order valence-electron chi connectivity index (χ3n) is 5.26. The Morgan fingerprint density at radius 1 is 1.10 bits per heavy atom. The highest BCUT2D eigenvalue weighted by atomic mass is 16.5. The maximum absolute atomic E-state index is 8.88. The van der Waals surface area contributed by atoms with E-state index >= 15 is 0 Å². The van der Waals surface area contributed by atoms with Crippen molar-refractivity contribution in [3.8, 4) is 6.07 Å². The minimum Gasteiger partial charge on any atom is -0.375 e. The van der Waals surface area contributed by atoms with Crippen LogP contribution in [0.4, 0.5) is 11.5 Å². The highest BCUT2D eigenvalue weighted by Gasteiger charge is 2.26. The minimum absolute atomic E-state index is 0.311. The van der Waals surface area contributed by atoms with Crippen molar-refractivity contribution in [3.05, 3.63) is 83.8 Å². The fraction of sp³-hybridized carbons (Fsp3) is 0.292. The number of nitrogens with one attached hydrogen (secondary N) is 1. The van der Waals surface area contributed by atoms with Gasteiger partial charge in [-0.3, -0.25) is 4.90 Å². The topological polar surface area (TPSA) is 74.1 Å². The molecule has 4 rings (SSSR count). The number of rotatable bonds is 8. The van der Waals surface area contributed by atoms with Gasteiger partial charge in [-0.25, -0.2) is 9.97 Å². The molecule has 0 spiro atoms. The first-order valence-corrected chi connectivity index (χ1v) is 10.3. The highest BCUT2D eigenvalue weighted by Crippen LogP contribution is 2.31. The molecule has 0 unspecified atom stereocenters. The maximum Gasteiger partial charge on any atom is 0.140 e. The summed E-state index contributed by atoms with van der Waals surface area (Å²) in [6, 6.07) is 22.2. The van der Waals surface area contributed by atoms with Gasteiger partial charge in [-0.1, -0.05) is 36.4 Å². The Hall–Kier alpha value is -3.27. The fourth-order valence-corrected chi connectivity index (χ4v) is 3.76. The third-order valence-corrected chi connectivity index (χ3v) is 5.26. The summed E-state index contributed by atoms with van der Waals surface area (Å²) in [6.45, 7) is 3.32. The first-order chi connectivity index (χ1) is 14.8. The SMILES string of the molecule is N#Cc1ccc(Nc2cccc([C@@H]3CCCN3CCOCc3ccccc3)n2)cn1. The summed E-state index contributed by atoms with van der Waals surface area (Å²) in [7, 11) is 0. The van der Waals surface area contributed by atoms with Gasteiger partial charge in [0.05, 0.1) is 36.8 Å². The number of aromatic nitrogens is 2. The van der Waals surface area contributed by atoms with E-state index in [1.165, 1.54) is 12.0 Å². The molecule has 1 aliphatic heterocycles. The Bertz CT molecular complexity index is 984. The average Bonchev–Trinajstić information content (AvgIpc) is 3.27. The van der Waals surface area contributed by atoms with Crippen LogP contribution in [0.1, 0.15) is 35.8 Å². The van der Waals surface area contributed by atoms with Gasteiger partial charge in [-0.15, -0.1) is 0 Å². The van der Waals surface area contributed by atoms with Crippen LogP contribution in [0.15, 0.2) is 66.9 Å². The summed E-state index contributed by atoms with van der Waals surface area (Å²) >= 11 is 0. The minimum atomic E-state index is 0.311. The Morgan fingerprint density at radius 3 is 2.80 bits per heavy atom. The predicted octanol–water partition coefficient (Wildman–Crippen LogP) is 4.45. The molecule has 3 heterocycles. The summed E-state index contributed by atoms with van der Waals surface area (Å²) in [6.07, 6.45) is 3.93. The summed E-state index contributed by atoms with van der Waals surface area (Å²) in [5.74, 6) is 0.784. The van der Waals surface area contributed by atoms with Gasteiger partial charge in [-0.05, 0) is 49.2 Å². The number of ether oxygens (including phenoxy) is 1. The van der Waals surface area contributed by atoms with Gasteiger partial charge < -0.3 is 10.1 Å². The Labute approximate surface area is 177 Å². The van der Waals surface area contributed by atoms with E-state index in [2.05, 4.69) is 33.4 Å². The zero-order chi connectivity index (χ0) is 20.6. The van der Waals surface area contributed by atoms with Crippen LogP contribution in [0.25, 0.3) is 0 Å². The van der Waals surface area contributed by atoms with Crippen molar-refractivity contribution >= 4 is 11.5 Å². The van der Waals surface area contributed by atoms with E-state index in [0.717, 1.165) is 36.7 Å². The van der Waals surface area contributed by atoms with Crippen molar-refractivity contribution in [2.75, 3.05) is 25.0 Å². The normalized spacial score (nSPS) is 16.3. The predicted molar refractivity (Wildman–Crippen MR) is 116 cm³/mol. The Kier molecular flexibility index (Phi) is 6.65. The van der Waals surface area contributed by atoms with E-state index in [4.69, 9.17) is 15.0 Å². The molecule has 1 fully saturated rings. The molecule has 0 aliphatic carbocycles. The summed E-state index contributed by atoms with van der Waals surface area (Å²) < 4.78 is 5.88. The molecule has 2 aromatic heterocycles. The lowest BCUT2D eigenvalue weighted by molar-refractivity contribution is 0.0882. The van der Waals surface area contributed by atoms with Crippen molar-refractivity contribution in [3.63, 3.8) is 0 Å². The maximum atomic E-state index is 8.88. The van der Waals surface area contributed by atoms with Crippen LogP contribution in [-0.2, 0) is 11.3 Å². The fourth-order valence-electron chi connectivity index (χ4n) is 3.76. The molecular formula is C24H25N5O. The number of hydrogen-bond acceptors (Lipinski definition) is 6. The van der Waals surface area contributed by atoms with E-state index in [1.54, 1.807) is 12.3 Å². The van der Waals surface area contributed by atoms with Gasteiger partial charge in [0.15, 0.2) is 0 Å². The molecule has 1 saturated heterocycles. The van der Waals surface area contributed by atoms with Crippen molar-refractivity contribution in [1.82, 2.24) is 14.9 Å². The van der Waals surface area contributed by atoms with E-state index in [9.17, 15) is 0 Å². The number of likely N-dealkylation sites (tertiary alicyclic amines) is 1.